The van der Waals surface area contributed by atoms with Gasteiger partial charge in [0.15, 0.2) is 5.78 Å². The number of rotatable bonds is 5. The van der Waals surface area contributed by atoms with Crippen molar-refractivity contribution >= 4 is 23.5 Å². The fraction of sp³-hybridized carbons (Fsp3) is 0.280. The molecule has 2 aliphatic rings. The van der Waals surface area contributed by atoms with Gasteiger partial charge in [-0.3, -0.25) is 24.5 Å². The average Bonchev–Trinajstić information content (AvgIpc) is 2.78. The second kappa shape index (κ2) is 8.68. The highest BCUT2D eigenvalue weighted by atomic mass is 16.2. The maximum absolute atomic E-state index is 13.1. The summed E-state index contributed by atoms with van der Waals surface area (Å²) >= 11 is 0. The van der Waals surface area contributed by atoms with Crippen molar-refractivity contribution in [3.63, 3.8) is 0 Å². The van der Waals surface area contributed by atoms with Crippen LogP contribution in [0.3, 0.4) is 0 Å². The Morgan fingerprint density at radius 1 is 1.06 bits per heavy atom. The Hall–Kier alpha value is -3.54. The van der Waals surface area contributed by atoms with Crippen molar-refractivity contribution in [1.82, 2.24) is 10.6 Å². The lowest BCUT2D eigenvalue weighted by molar-refractivity contribution is -0.135. The van der Waals surface area contributed by atoms with E-state index in [9.17, 15) is 19.2 Å². The van der Waals surface area contributed by atoms with E-state index in [0.29, 0.717) is 36.1 Å². The van der Waals surface area contributed by atoms with Gasteiger partial charge in [-0.2, -0.15) is 0 Å². The number of piperidine rings is 1. The second-order valence-electron chi connectivity index (χ2n) is 7.83. The molecule has 1 aliphatic carbocycles. The molecule has 0 bridgehead atoms. The Morgan fingerprint density at radius 3 is 2.61 bits per heavy atom. The first-order chi connectivity index (χ1) is 15.0. The largest absolute Gasteiger partial charge is 0.348 e. The molecular formula is C25H24N2O4. The lowest BCUT2D eigenvalue weighted by atomic mass is 9.79. The molecule has 2 N–H and O–H groups in total. The summed E-state index contributed by atoms with van der Waals surface area (Å²) in [7, 11) is 0. The van der Waals surface area contributed by atoms with Crippen LogP contribution in [-0.4, -0.2) is 23.5 Å². The van der Waals surface area contributed by atoms with Gasteiger partial charge in [0.05, 0.1) is 5.92 Å². The molecule has 1 saturated heterocycles. The summed E-state index contributed by atoms with van der Waals surface area (Å²) < 4.78 is 0. The number of carbonyl (C=O) groups excluding carboxylic acids is 4. The Labute approximate surface area is 180 Å². The van der Waals surface area contributed by atoms with Gasteiger partial charge in [-0.05, 0) is 42.0 Å². The number of benzene rings is 2. The fourth-order valence-corrected chi connectivity index (χ4v) is 4.33. The van der Waals surface area contributed by atoms with Crippen LogP contribution in [0.1, 0.15) is 57.2 Å². The maximum atomic E-state index is 13.1. The molecule has 1 aliphatic heterocycles. The third-order valence-electron chi connectivity index (χ3n) is 6.00. The van der Waals surface area contributed by atoms with Crippen molar-refractivity contribution in [1.29, 1.82) is 0 Å². The first-order valence-electron chi connectivity index (χ1n) is 10.5. The molecular weight excluding hydrogens is 392 g/mol. The number of nitrogens with one attached hydrogen (secondary N) is 2. The van der Waals surface area contributed by atoms with Crippen LogP contribution in [-0.2, 0) is 29.0 Å². The van der Waals surface area contributed by atoms with Gasteiger partial charge in [0.1, 0.15) is 0 Å². The van der Waals surface area contributed by atoms with E-state index in [1.54, 1.807) is 18.2 Å². The Bertz CT molecular complexity index is 1120. The van der Waals surface area contributed by atoms with Crippen LogP contribution >= 0.6 is 0 Å². The topological polar surface area (TPSA) is 92.3 Å². The van der Waals surface area contributed by atoms with E-state index in [2.05, 4.69) is 10.6 Å². The molecule has 1 fully saturated rings. The number of amides is 3. The van der Waals surface area contributed by atoms with Gasteiger partial charge in [0.25, 0.3) is 5.91 Å². The highest BCUT2D eigenvalue weighted by Crippen LogP contribution is 2.31. The summed E-state index contributed by atoms with van der Waals surface area (Å²) in [6, 6.07) is 13.0. The van der Waals surface area contributed by atoms with Crippen molar-refractivity contribution < 1.29 is 19.2 Å². The van der Waals surface area contributed by atoms with Gasteiger partial charge in [0.2, 0.25) is 11.8 Å². The normalized spacial score (nSPS) is 18.2. The van der Waals surface area contributed by atoms with E-state index in [4.69, 9.17) is 0 Å². The second-order valence-corrected chi connectivity index (χ2v) is 7.83. The minimum Gasteiger partial charge on any atom is -0.348 e. The van der Waals surface area contributed by atoms with E-state index in [1.807, 2.05) is 37.3 Å². The number of Topliss-reactive ketones (excluding diaryl/α,β-unsaturated/α-hetero) is 1. The van der Waals surface area contributed by atoms with Crippen molar-refractivity contribution in [3.05, 3.63) is 81.9 Å². The van der Waals surface area contributed by atoms with Crippen LogP contribution in [0.5, 0.6) is 0 Å². The Kier molecular flexibility index (Phi) is 5.80. The predicted molar refractivity (Wildman–Crippen MR) is 115 cm³/mol. The number of ketones is 1. The van der Waals surface area contributed by atoms with Gasteiger partial charge in [-0.15, -0.1) is 0 Å². The van der Waals surface area contributed by atoms with Crippen LogP contribution in [0.15, 0.2) is 54.1 Å². The summed E-state index contributed by atoms with van der Waals surface area (Å²) in [6.45, 7) is 2.33. The van der Waals surface area contributed by atoms with Crippen molar-refractivity contribution in [2.75, 3.05) is 0 Å². The van der Waals surface area contributed by atoms with Gasteiger partial charge < -0.3 is 5.32 Å². The molecule has 1 atom stereocenters. The summed E-state index contributed by atoms with van der Waals surface area (Å²) in [6.07, 6.45) is 3.66. The van der Waals surface area contributed by atoms with Gasteiger partial charge in [-0.1, -0.05) is 49.4 Å². The summed E-state index contributed by atoms with van der Waals surface area (Å²) in [4.78, 5) is 49.5. The third-order valence-corrected chi connectivity index (χ3v) is 6.00. The zero-order valence-corrected chi connectivity index (χ0v) is 17.4. The quantitative estimate of drug-likeness (QED) is 0.733. The first kappa shape index (κ1) is 20.7. The molecule has 0 saturated carbocycles. The smallest absolute Gasteiger partial charge is 0.251 e. The molecule has 1 unspecified atom stereocenters. The average molecular weight is 416 g/mol. The molecule has 1 heterocycles. The molecule has 6 heteroatoms. The third kappa shape index (κ3) is 4.06. The predicted octanol–water partition coefficient (Wildman–Crippen LogP) is 2.90. The molecule has 0 spiro atoms. The molecule has 0 aromatic heterocycles. The zero-order valence-electron chi connectivity index (χ0n) is 17.4. The number of aryl methyl sites for hydroxylation is 1. The highest BCUT2D eigenvalue weighted by Gasteiger charge is 2.35. The minimum absolute atomic E-state index is 0.142. The van der Waals surface area contributed by atoms with Gasteiger partial charge >= 0.3 is 0 Å². The number of carbonyl (C=O) groups is 4. The number of fused-ring (bicyclic) bond motifs is 1. The van der Waals surface area contributed by atoms with E-state index in [0.717, 1.165) is 23.1 Å². The molecule has 6 nitrogen and oxygen atoms in total. The summed E-state index contributed by atoms with van der Waals surface area (Å²) in [5.74, 6) is -1.62. The highest BCUT2D eigenvalue weighted by molar-refractivity contribution is 6.15. The number of hydrogen-bond donors (Lipinski definition) is 2. The molecule has 158 valence electrons. The molecule has 31 heavy (non-hydrogen) atoms. The van der Waals surface area contributed by atoms with Crippen molar-refractivity contribution in [2.24, 2.45) is 5.92 Å². The summed E-state index contributed by atoms with van der Waals surface area (Å²) in [5, 5.41) is 5.29. The number of allylic oxidation sites excluding steroid dienone is 1. The van der Waals surface area contributed by atoms with E-state index >= 15 is 0 Å². The van der Waals surface area contributed by atoms with Crippen LogP contribution in [0.2, 0.25) is 0 Å². The lowest BCUT2D eigenvalue weighted by Gasteiger charge is -2.26. The lowest BCUT2D eigenvalue weighted by Crippen LogP contribution is -2.43. The fourth-order valence-electron chi connectivity index (χ4n) is 4.33. The Balaban J connectivity index is 1.52. The van der Waals surface area contributed by atoms with Gasteiger partial charge in [-0.25, -0.2) is 0 Å². The van der Waals surface area contributed by atoms with E-state index in [-0.39, 0.29) is 24.0 Å². The summed E-state index contributed by atoms with van der Waals surface area (Å²) in [5.41, 5.74) is 4.41. The van der Waals surface area contributed by atoms with Crippen molar-refractivity contribution in [2.45, 2.75) is 39.2 Å². The zero-order chi connectivity index (χ0) is 22.0. The molecule has 2 aromatic rings. The molecule has 2 aromatic carbocycles. The monoisotopic (exact) mass is 416 g/mol. The molecule has 4 rings (SSSR count). The van der Waals surface area contributed by atoms with Crippen LogP contribution in [0, 0.1) is 5.92 Å². The van der Waals surface area contributed by atoms with Crippen LogP contribution in [0.25, 0.3) is 0 Å². The Morgan fingerprint density at radius 2 is 1.84 bits per heavy atom. The van der Waals surface area contributed by atoms with Crippen LogP contribution in [0.4, 0.5) is 0 Å². The van der Waals surface area contributed by atoms with Crippen LogP contribution < -0.4 is 10.6 Å². The SMILES string of the molecule is CCc1ccccc1C(=O)NCc1cccc2c1CC=C(C1CCC(=O)NC1=O)C2=O. The minimum atomic E-state index is -0.591. The maximum Gasteiger partial charge on any atom is 0.251 e. The van der Waals surface area contributed by atoms with Gasteiger partial charge in [0, 0.05) is 29.7 Å². The first-order valence-corrected chi connectivity index (χ1v) is 10.5. The van der Waals surface area contributed by atoms with E-state index < -0.39 is 11.8 Å². The molecule has 3 amide bonds. The standard InChI is InChI=1S/C25H24N2O4/c1-2-15-6-3-4-8-18(15)24(30)26-14-16-7-5-9-19-17(16)10-11-20(23(19)29)21-12-13-22(28)27-25(21)31/h3-9,11,21H,2,10,12-14H2,1H3,(H,26,30)(H,27,28,31). The van der Waals surface area contributed by atoms with E-state index in [1.165, 1.54) is 0 Å². The number of imide groups is 1. The molecule has 0 radical (unpaired) electrons. The van der Waals surface area contributed by atoms with Crippen molar-refractivity contribution in [3.8, 4) is 0 Å². The number of hydrogen-bond acceptors (Lipinski definition) is 4.